The van der Waals surface area contributed by atoms with Crippen LogP contribution in [-0.4, -0.2) is 62.0 Å². The molecule has 2 rings (SSSR count). The lowest BCUT2D eigenvalue weighted by molar-refractivity contribution is -0.118. The Bertz CT molecular complexity index is 586. The minimum Gasteiger partial charge on any atom is -0.416 e. The number of nitrogens with zero attached hydrogens (tertiary/aromatic N) is 2. The molecule has 1 aromatic rings. The second-order valence-corrected chi connectivity index (χ2v) is 7.79. The molecule has 1 aromatic heterocycles. The summed E-state index contributed by atoms with van der Waals surface area (Å²) >= 11 is 1.12. The molecule has 8 nitrogen and oxygen atoms in total. The van der Waals surface area contributed by atoms with Crippen molar-refractivity contribution in [3.8, 4) is 0 Å². The van der Waals surface area contributed by atoms with Crippen molar-refractivity contribution < 1.29 is 22.4 Å². The molecule has 2 heterocycles. The zero-order valence-electron chi connectivity index (χ0n) is 11.6. The van der Waals surface area contributed by atoms with E-state index in [1.165, 1.54) is 0 Å². The van der Waals surface area contributed by atoms with Crippen molar-refractivity contribution in [1.29, 1.82) is 0 Å². The molecule has 1 fully saturated rings. The highest BCUT2D eigenvalue weighted by Crippen LogP contribution is 2.29. The number of thioether (sulfide) groups is 1. The summed E-state index contributed by atoms with van der Waals surface area (Å²) in [5, 5.41) is 10.6. The van der Waals surface area contributed by atoms with E-state index in [2.05, 4.69) is 15.5 Å². The van der Waals surface area contributed by atoms with E-state index in [9.17, 15) is 13.2 Å². The summed E-state index contributed by atoms with van der Waals surface area (Å²) in [6.45, 7) is 0.905. The summed E-state index contributed by atoms with van der Waals surface area (Å²) in [6.07, 6.45) is 0.506. The molecule has 1 amide bonds. The fraction of sp³-hybridized carbons (Fsp3) is 0.727. The van der Waals surface area contributed by atoms with Gasteiger partial charge in [-0.1, -0.05) is 11.8 Å². The van der Waals surface area contributed by atoms with E-state index >= 15 is 0 Å². The average Bonchev–Trinajstić information content (AvgIpc) is 3.03. The molecular formula is C11H17N3O5S2. The quantitative estimate of drug-likeness (QED) is 0.540. The number of carbonyl (C=O) groups is 1. The first kappa shape index (κ1) is 16.2. The molecule has 0 spiro atoms. The molecule has 1 aliphatic rings. The second kappa shape index (κ2) is 7.23. The van der Waals surface area contributed by atoms with E-state index in [4.69, 9.17) is 9.15 Å². The van der Waals surface area contributed by atoms with Gasteiger partial charge >= 0.3 is 0 Å². The highest BCUT2D eigenvalue weighted by molar-refractivity contribution is 7.99. The Labute approximate surface area is 126 Å². The van der Waals surface area contributed by atoms with Crippen LogP contribution in [0.25, 0.3) is 0 Å². The Hall–Kier alpha value is -1.13. The zero-order valence-corrected chi connectivity index (χ0v) is 13.2. The van der Waals surface area contributed by atoms with Crippen molar-refractivity contribution in [3.05, 3.63) is 5.89 Å². The van der Waals surface area contributed by atoms with Crippen molar-refractivity contribution in [1.82, 2.24) is 15.5 Å². The van der Waals surface area contributed by atoms with Gasteiger partial charge in [-0.2, -0.15) is 0 Å². The Balaban J connectivity index is 1.80. The van der Waals surface area contributed by atoms with Gasteiger partial charge in [-0.25, -0.2) is 8.42 Å². The third-order valence-corrected chi connectivity index (χ3v) is 5.55. The van der Waals surface area contributed by atoms with Crippen molar-refractivity contribution in [2.45, 2.75) is 17.6 Å². The molecule has 0 unspecified atom stereocenters. The van der Waals surface area contributed by atoms with E-state index in [1.54, 1.807) is 7.11 Å². The highest BCUT2D eigenvalue weighted by Gasteiger charge is 2.32. The number of carbonyl (C=O) groups excluding carboxylic acids is 1. The van der Waals surface area contributed by atoms with Gasteiger partial charge in [0, 0.05) is 13.7 Å². The van der Waals surface area contributed by atoms with E-state index in [-0.39, 0.29) is 34.3 Å². The molecule has 0 saturated carbocycles. The Kier molecular flexibility index (Phi) is 5.59. The molecule has 1 N–H and O–H groups in total. The van der Waals surface area contributed by atoms with Gasteiger partial charge in [0.05, 0.1) is 29.8 Å². The van der Waals surface area contributed by atoms with Crippen LogP contribution in [0.4, 0.5) is 0 Å². The summed E-state index contributed by atoms with van der Waals surface area (Å²) < 4.78 is 33.0. The number of amides is 1. The van der Waals surface area contributed by atoms with Crippen LogP contribution in [0, 0.1) is 0 Å². The summed E-state index contributed by atoms with van der Waals surface area (Å²) in [5.74, 6) is 0.321. The third-order valence-electron chi connectivity index (χ3n) is 2.96. The van der Waals surface area contributed by atoms with Crippen LogP contribution in [0.1, 0.15) is 18.2 Å². The number of hydrogen-bond acceptors (Lipinski definition) is 8. The SMILES string of the molecule is COCCNC(=O)CSc1nnc([C@H]2CCS(=O)(=O)C2)o1. The fourth-order valence-electron chi connectivity index (χ4n) is 1.90. The van der Waals surface area contributed by atoms with Gasteiger partial charge < -0.3 is 14.5 Å². The predicted octanol–water partition coefficient (Wildman–Crippen LogP) is -0.174. The molecular weight excluding hydrogens is 318 g/mol. The zero-order chi connectivity index (χ0) is 15.3. The first-order chi connectivity index (χ1) is 10.00. The topological polar surface area (TPSA) is 111 Å². The van der Waals surface area contributed by atoms with Crippen LogP contribution in [-0.2, 0) is 19.4 Å². The standard InChI is InChI=1S/C11H17N3O5S2/c1-18-4-3-12-9(15)6-20-11-14-13-10(19-11)8-2-5-21(16,17)7-8/h8H,2-7H2,1H3,(H,12,15)/t8-/m0/s1. The lowest BCUT2D eigenvalue weighted by Gasteiger charge is -2.02. The van der Waals surface area contributed by atoms with Crippen molar-refractivity contribution in [2.75, 3.05) is 37.5 Å². The second-order valence-electron chi connectivity index (χ2n) is 4.64. The molecule has 0 radical (unpaired) electrons. The first-order valence-corrected chi connectivity index (χ1v) is 9.23. The Morgan fingerprint density at radius 2 is 2.33 bits per heavy atom. The number of sulfone groups is 1. The molecule has 0 aromatic carbocycles. The Morgan fingerprint density at radius 1 is 1.52 bits per heavy atom. The molecule has 0 bridgehead atoms. The van der Waals surface area contributed by atoms with Crippen LogP contribution in [0.15, 0.2) is 9.64 Å². The average molecular weight is 335 g/mol. The van der Waals surface area contributed by atoms with Crippen LogP contribution in [0.2, 0.25) is 0 Å². The molecule has 1 atom stereocenters. The summed E-state index contributed by atoms with van der Waals surface area (Å²) in [7, 11) is -1.42. The fourth-order valence-corrected chi connectivity index (χ4v) is 4.24. The van der Waals surface area contributed by atoms with Gasteiger partial charge in [0.15, 0.2) is 9.84 Å². The monoisotopic (exact) mass is 335 g/mol. The Morgan fingerprint density at radius 3 is 3.00 bits per heavy atom. The summed E-state index contributed by atoms with van der Waals surface area (Å²) in [5.41, 5.74) is 0. The van der Waals surface area contributed by atoms with E-state index < -0.39 is 9.84 Å². The smallest absolute Gasteiger partial charge is 0.277 e. The number of methoxy groups -OCH3 is 1. The van der Waals surface area contributed by atoms with E-state index in [0.717, 1.165) is 11.8 Å². The van der Waals surface area contributed by atoms with Crippen molar-refractivity contribution in [2.24, 2.45) is 0 Å². The maximum atomic E-state index is 11.5. The number of aromatic nitrogens is 2. The normalized spacial score (nSPS) is 20.5. The largest absolute Gasteiger partial charge is 0.416 e. The lowest BCUT2D eigenvalue weighted by Crippen LogP contribution is -2.28. The van der Waals surface area contributed by atoms with Gasteiger partial charge in [0.2, 0.25) is 11.8 Å². The maximum Gasteiger partial charge on any atom is 0.277 e. The number of ether oxygens (including phenoxy) is 1. The van der Waals surface area contributed by atoms with Crippen LogP contribution >= 0.6 is 11.8 Å². The van der Waals surface area contributed by atoms with Crippen LogP contribution in [0.5, 0.6) is 0 Å². The molecule has 1 saturated heterocycles. The van der Waals surface area contributed by atoms with Gasteiger partial charge in [0.1, 0.15) is 0 Å². The van der Waals surface area contributed by atoms with Gasteiger partial charge in [-0.15, -0.1) is 10.2 Å². The molecule has 10 heteroatoms. The van der Waals surface area contributed by atoms with Crippen molar-refractivity contribution in [3.63, 3.8) is 0 Å². The van der Waals surface area contributed by atoms with Crippen LogP contribution < -0.4 is 5.32 Å². The molecule has 0 aliphatic carbocycles. The molecule has 1 aliphatic heterocycles. The van der Waals surface area contributed by atoms with Gasteiger partial charge in [-0.3, -0.25) is 4.79 Å². The van der Waals surface area contributed by atoms with Crippen LogP contribution in [0.3, 0.4) is 0 Å². The van der Waals surface area contributed by atoms with E-state index in [0.29, 0.717) is 25.5 Å². The van der Waals surface area contributed by atoms with Crippen molar-refractivity contribution >= 4 is 27.5 Å². The summed E-state index contributed by atoms with van der Waals surface area (Å²) in [4.78, 5) is 11.5. The summed E-state index contributed by atoms with van der Waals surface area (Å²) in [6, 6.07) is 0. The van der Waals surface area contributed by atoms with E-state index in [1.807, 2.05) is 0 Å². The molecule has 118 valence electrons. The minimum atomic E-state index is -2.98. The first-order valence-electron chi connectivity index (χ1n) is 6.42. The van der Waals surface area contributed by atoms with Gasteiger partial charge in [0.25, 0.3) is 5.22 Å². The number of rotatable bonds is 7. The van der Waals surface area contributed by atoms with Gasteiger partial charge in [-0.05, 0) is 6.42 Å². The highest BCUT2D eigenvalue weighted by atomic mass is 32.2. The molecule has 21 heavy (non-hydrogen) atoms. The number of nitrogens with one attached hydrogen (secondary N) is 1. The number of hydrogen-bond donors (Lipinski definition) is 1. The third kappa shape index (κ3) is 4.97. The predicted molar refractivity (Wildman–Crippen MR) is 75.9 cm³/mol. The maximum absolute atomic E-state index is 11.5. The lowest BCUT2D eigenvalue weighted by atomic mass is 10.1. The minimum absolute atomic E-state index is 0.0524.